The van der Waals surface area contributed by atoms with Crippen LogP contribution < -0.4 is 5.32 Å². The van der Waals surface area contributed by atoms with E-state index in [1.165, 1.54) is 0 Å². The highest BCUT2D eigenvalue weighted by Crippen LogP contribution is 2.19. The summed E-state index contributed by atoms with van der Waals surface area (Å²) in [4.78, 5) is 20.8. The molecule has 0 spiro atoms. The van der Waals surface area contributed by atoms with Crippen molar-refractivity contribution >= 4 is 17.4 Å². The van der Waals surface area contributed by atoms with Crippen molar-refractivity contribution in [3.05, 3.63) is 24.0 Å². The Morgan fingerprint density at radius 1 is 1.40 bits per heavy atom. The summed E-state index contributed by atoms with van der Waals surface area (Å²) in [6.07, 6.45) is 3.92. The fraction of sp³-hybridized carbons (Fsp3) is 0.562. The van der Waals surface area contributed by atoms with E-state index in [-0.39, 0.29) is 11.3 Å². The minimum absolute atomic E-state index is 0.0197. The van der Waals surface area contributed by atoms with Gasteiger partial charge in [-0.05, 0) is 30.9 Å². The van der Waals surface area contributed by atoms with Crippen LogP contribution in [0.5, 0.6) is 0 Å². The van der Waals surface area contributed by atoms with Gasteiger partial charge in [0.25, 0.3) is 0 Å². The number of carbonyl (C=O) groups excluding carboxylic acids is 1. The molecule has 1 heterocycles. The van der Waals surface area contributed by atoms with E-state index >= 15 is 0 Å². The SMILES string of the molecule is CCCC(=Nc1cccnc1C)NC(=O)CC(C)(C)C. The number of aliphatic imine (C=N–C) groups is 1. The van der Waals surface area contributed by atoms with E-state index < -0.39 is 0 Å². The Balaban J connectivity index is 2.84. The van der Waals surface area contributed by atoms with Gasteiger partial charge in [0.2, 0.25) is 5.91 Å². The molecule has 0 radical (unpaired) electrons. The highest BCUT2D eigenvalue weighted by molar-refractivity contribution is 5.99. The fourth-order valence-corrected chi connectivity index (χ4v) is 1.81. The number of nitrogens with one attached hydrogen (secondary N) is 1. The first-order valence-corrected chi connectivity index (χ1v) is 7.11. The number of hydrogen-bond acceptors (Lipinski definition) is 3. The van der Waals surface area contributed by atoms with Gasteiger partial charge in [0.05, 0.1) is 11.4 Å². The van der Waals surface area contributed by atoms with E-state index in [0.29, 0.717) is 6.42 Å². The Kier molecular flexibility index (Phi) is 5.86. The molecule has 0 aromatic carbocycles. The minimum atomic E-state index is -0.0222. The molecular weight excluding hydrogens is 250 g/mol. The minimum Gasteiger partial charge on any atom is -0.314 e. The number of carbonyl (C=O) groups is 1. The van der Waals surface area contributed by atoms with Crippen LogP contribution in [0.3, 0.4) is 0 Å². The Morgan fingerprint density at radius 2 is 2.10 bits per heavy atom. The van der Waals surface area contributed by atoms with Crippen LogP contribution in [0.4, 0.5) is 5.69 Å². The third kappa shape index (κ3) is 5.95. The number of nitrogens with zero attached hydrogens (tertiary/aromatic N) is 2. The van der Waals surface area contributed by atoms with Gasteiger partial charge in [-0.1, -0.05) is 27.7 Å². The summed E-state index contributed by atoms with van der Waals surface area (Å²) in [5.41, 5.74) is 1.66. The summed E-state index contributed by atoms with van der Waals surface area (Å²) in [7, 11) is 0. The summed E-state index contributed by atoms with van der Waals surface area (Å²) >= 11 is 0. The monoisotopic (exact) mass is 275 g/mol. The molecule has 0 saturated heterocycles. The molecule has 0 atom stereocenters. The number of amides is 1. The van der Waals surface area contributed by atoms with Crippen LogP contribution in [0.2, 0.25) is 0 Å². The van der Waals surface area contributed by atoms with Gasteiger partial charge in [-0.3, -0.25) is 9.78 Å². The summed E-state index contributed by atoms with van der Waals surface area (Å²) in [5.74, 6) is 0.740. The van der Waals surface area contributed by atoms with E-state index in [2.05, 4.69) is 43.0 Å². The van der Waals surface area contributed by atoms with E-state index in [4.69, 9.17) is 0 Å². The highest BCUT2D eigenvalue weighted by Gasteiger charge is 2.17. The number of hydrogen-bond donors (Lipinski definition) is 1. The molecule has 4 nitrogen and oxygen atoms in total. The van der Waals surface area contributed by atoms with Gasteiger partial charge < -0.3 is 5.32 Å². The van der Waals surface area contributed by atoms with E-state index in [0.717, 1.165) is 30.1 Å². The fourth-order valence-electron chi connectivity index (χ4n) is 1.81. The first kappa shape index (κ1) is 16.3. The number of pyridine rings is 1. The van der Waals surface area contributed by atoms with Crippen LogP contribution in [-0.2, 0) is 4.79 Å². The largest absolute Gasteiger partial charge is 0.314 e. The zero-order chi connectivity index (χ0) is 15.2. The predicted octanol–water partition coefficient (Wildman–Crippen LogP) is 3.77. The summed E-state index contributed by atoms with van der Waals surface area (Å²) in [5, 5.41) is 2.93. The molecular formula is C16H25N3O. The molecule has 0 fully saturated rings. The first-order chi connectivity index (χ1) is 9.31. The molecule has 0 aliphatic carbocycles. The smallest absolute Gasteiger partial charge is 0.225 e. The summed E-state index contributed by atoms with van der Waals surface area (Å²) in [6, 6.07) is 3.76. The third-order valence-electron chi connectivity index (χ3n) is 2.70. The predicted molar refractivity (Wildman–Crippen MR) is 83.2 cm³/mol. The summed E-state index contributed by atoms with van der Waals surface area (Å²) < 4.78 is 0. The zero-order valence-corrected chi connectivity index (χ0v) is 13.2. The van der Waals surface area contributed by atoms with Crippen molar-refractivity contribution in [1.29, 1.82) is 0 Å². The molecule has 1 rings (SSSR count). The second-order valence-electron chi connectivity index (χ2n) is 6.20. The maximum absolute atomic E-state index is 12.0. The van der Waals surface area contributed by atoms with Gasteiger partial charge in [0, 0.05) is 19.0 Å². The molecule has 20 heavy (non-hydrogen) atoms. The standard InChI is InChI=1S/C16H25N3O/c1-6-8-14(19-15(20)11-16(3,4)5)18-13-9-7-10-17-12(13)2/h7,9-10H,6,8,11H2,1-5H3,(H,18,19,20). The molecule has 110 valence electrons. The number of rotatable bonds is 4. The normalized spacial score (nSPS) is 12.3. The van der Waals surface area contributed by atoms with Crippen LogP contribution in [0.1, 0.15) is 52.7 Å². The molecule has 0 unspecified atom stereocenters. The Labute approximate surface area is 121 Å². The van der Waals surface area contributed by atoms with Crippen LogP contribution in [0.25, 0.3) is 0 Å². The molecule has 1 N–H and O–H groups in total. The van der Waals surface area contributed by atoms with Crippen molar-refractivity contribution in [2.24, 2.45) is 10.4 Å². The van der Waals surface area contributed by atoms with E-state index in [1.807, 2.05) is 19.1 Å². The van der Waals surface area contributed by atoms with Crippen molar-refractivity contribution < 1.29 is 4.79 Å². The highest BCUT2D eigenvalue weighted by atomic mass is 16.1. The van der Waals surface area contributed by atoms with Crippen molar-refractivity contribution in [3.63, 3.8) is 0 Å². The molecule has 1 aromatic heterocycles. The number of aromatic nitrogens is 1. The number of amidine groups is 1. The van der Waals surface area contributed by atoms with Crippen LogP contribution in [-0.4, -0.2) is 16.7 Å². The van der Waals surface area contributed by atoms with Crippen LogP contribution in [0, 0.1) is 12.3 Å². The van der Waals surface area contributed by atoms with Crippen molar-refractivity contribution in [2.45, 2.75) is 53.9 Å². The zero-order valence-electron chi connectivity index (χ0n) is 13.2. The van der Waals surface area contributed by atoms with Gasteiger partial charge in [0.15, 0.2) is 0 Å². The van der Waals surface area contributed by atoms with Gasteiger partial charge in [0.1, 0.15) is 5.84 Å². The van der Waals surface area contributed by atoms with Gasteiger partial charge >= 0.3 is 0 Å². The molecule has 1 amide bonds. The third-order valence-corrected chi connectivity index (χ3v) is 2.70. The molecule has 4 heteroatoms. The van der Waals surface area contributed by atoms with E-state index in [9.17, 15) is 4.79 Å². The van der Waals surface area contributed by atoms with Crippen LogP contribution >= 0.6 is 0 Å². The molecule has 0 saturated carbocycles. The first-order valence-electron chi connectivity index (χ1n) is 7.11. The van der Waals surface area contributed by atoms with Gasteiger partial charge in [-0.15, -0.1) is 0 Å². The lowest BCUT2D eigenvalue weighted by Gasteiger charge is -2.18. The Hall–Kier alpha value is -1.71. The topological polar surface area (TPSA) is 54.4 Å². The second kappa shape index (κ2) is 7.17. The lowest BCUT2D eigenvalue weighted by atomic mass is 9.92. The van der Waals surface area contributed by atoms with Gasteiger partial charge in [-0.25, -0.2) is 4.99 Å². The van der Waals surface area contributed by atoms with E-state index in [1.54, 1.807) is 6.20 Å². The summed E-state index contributed by atoms with van der Waals surface area (Å²) in [6.45, 7) is 10.1. The maximum atomic E-state index is 12.0. The number of aryl methyl sites for hydroxylation is 1. The lowest BCUT2D eigenvalue weighted by molar-refractivity contribution is -0.121. The quantitative estimate of drug-likeness (QED) is 0.671. The van der Waals surface area contributed by atoms with Gasteiger partial charge in [-0.2, -0.15) is 0 Å². The Bertz CT molecular complexity index is 487. The molecule has 0 aliphatic heterocycles. The van der Waals surface area contributed by atoms with Crippen LogP contribution in [0.15, 0.2) is 23.3 Å². The molecule has 0 bridgehead atoms. The van der Waals surface area contributed by atoms with Crippen molar-refractivity contribution in [1.82, 2.24) is 10.3 Å². The molecule has 1 aromatic rings. The maximum Gasteiger partial charge on any atom is 0.225 e. The van der Waals surface area contributed by atoms with Crippen molar-refractivity contribution in [3.8, 4) is 0 Å². The average Bonchev–Trinajstić information content (AvgIpc) is 2.29. The lowest BCUT2D eigenvalue weighted by Crippen LogP contribution is -2.33. The van der Waals surface area contributed by atoms with Crippen molar-refractivity contribution in [2.75, 3.05) is 0 Å². The second-order valence-corrected chi connectivity index (χ2v) is 6.20. The average molecular weight is 275 g/mol. The Morgan fingerprint density at radius 3 is 2.65 bits per heavy atom. The molecule has 0 aliphatic rings.